The fraction of sp³-hybridized carbons (Fsp3) is 0.158. The van der Waals surface area contributed by atoms with Crippen LogP contribution in [0.1, 0.15) is 17.2 Å². The molecule has 29 heavy (non-hydrogen) atoms. The average Bonchev–Trinajstić information content (AvgIpc) is 2.67. The number of hydrogen-bond acceptors (Lipinski definition) is 4. The minimum atomic E-state index is -4.55. The van der Waals surface area contributed by atoms with Gasteiger partial charge in [-0.3, -0.25) is 0 Å². The number of alkyl halides is 3. The van der Waals surface area contributed by atoms with Crippen LogP contribution in [0, 0.1) is 5.82 Å². The minimum absolute atomic E-state index is 0.00525. The number of aromatic nitrogens is 2. The first-order valence-electron chi connectivity index (χ1n) is 8.21. The van der Waals surface area contributed by atoms with Crippen LogP contribution in [0.15, 0.2) is 48.8 Å². The molecule has 1 heterocycles. The van der Waals surface area contributed by atoms with E-state index in [1.165, 1.54) is 36.7 Å². The van der Waals surface area contributed by atoms with Gasteiger partial charge < -0.3 is 10.4 Å². The lowest BCUT2D eigenvalue weighted by Gasteiger charge is -2.14. The lowest BCUT2D eigenvalue weighted by atomic mass is 10.1. The maximum atomic E-state index is 13.5. The number of aliphatic hydroxyl groups excluding tert-OH is 1. The van der Waals surface area contributed by atoms with E-state index in [-0.39, 0.29) is 11.6 Å². The highest BCUT2D eigenvalue weighted by Gasteiger charge is 2.33. The van der Waals surface area contributed by atoms with Gasteiger partial charge in [-0.05, 0) is 29.8 Å². The molecule has 0 radical (unpaired) electrons. The Hall–Kier alpha value is -2.42. The van der Waals surface area contributed by atoms with Gasteiger partial charge in [-0.2, -0.15) is 13.2 Å². The first-order valence-corrected chi connectivity index (χ1v) is 8.97. The molecular weight excluding hydrogens is 433 g/mol. The van der Waals surface area contributed by atoms with Crippen molar-refractivity contribution >= 4 is 29.0 Å². The number of nitrogens with one attached hydrogen (secondary N) is 1. The fourth-order valence-electron chi connectivity index (χ4n) is 2.55. The number of aliphatic hydroxyl groups is 1. The SMILES string of the molecule is O[C@@H](CNc1cc(-c2ccc(C(F)(F)F)c(Cl)c2)ncn1)c1ccc(Cl)c(F)c1. The van der Waals surface area contributed by atoms with Gasteiger partial charge in [0.05, 0.1) is 27.4 Å². The van der Waals surface area contributed by atoms with Gasteiger partial charge in [0.15, 0.2) is 0 Å². The van der Waals surface area contributed by atoms with Gasteiger partial charge in [0.1, 0.15) is 18.0 Å². The second-order valence-electron chi connectivity index (χ2n) is 6.05. The lowest BCUT2D eigenvalue weighted by Crippen LogP contribution is -2.13. The van der Waals surface area contributed by atoms with Gasteiger partial charge in [0, 0.05) is 18.2 Å². The molecule has 0 bridgehead atoms. The summed E-state index contributed by atoms with van der Waals surface area (Å²) in [7, 11) is 0. The summed E-state index contributed by atoms with van der Waals surface area (Å²) in [6, 6.07) is 8.76. The number of benzene rings is 2. The molecule has 0 unspecified atom stereocenters. The van der Waals surface area contributed by atoms with Crippen LogP contribution in [0.25, 0.3) is 11.3 Å². The third-order valence-electron chi connectivity index (χ3n) is 4.04. The Morgan fingerprint density at radius 3 is 2.41 bits per heavy atom. The third kappa shape index (κ3) is 5.14. The van der Waals surface area contributed by atoms with E-state index in [0.717, 1.165) is 12.1 Å². The molecule has 0 saturated carbocycles. The van der Waals surface area contributed by atoms with Crippen molar-refractivity contribution in [1.29, 1.82) is 0 Å². The molecule has 0 aliphatic heterocycles. The molecule has 2 N–H and O–H groups in total. The Morgan fingerprint density at radius 2 is 1.76 bits per heavy atom. The van der Waals surface area contributed by atoms with E-state index in [9.17, 15) is 22.7 Å². The van der Waals surface area contributed by atoms with Crippen molar-refractivity contribution in [2.24, 2.45) is 0 Å². The molecule has 0 amide bonds. The molecule has 0 saturated heterocycles. The molecule has 1 aromatic heterocycles. The first kappa shape index (κ1) is 21.3. The molecule has 10 heteroatoms. The van der Waals surface area contributed by atoms with Gasteiger partial charge in [-0.1, -0.05) is 35.3 Å². The average molecular weight is 446 g/mol. The zero-order valence-electron chi connectivity index (χ0n) is 14.5. The van der Waals surface area contributed by atoms with Gasteiger partial charge >= 0.3 is 6.18 Å². The van der Waals surface area contributed by atoms with Crippen LogP contribution in [0.3, 0.4) is 0 Å². The highest BCUT2D eigenvalue weighted by Crippen LogP contribution is 2.36. The predicted octanol–water partition coefficient (Wildman–Crippen LogP) is 5.75. The highest BCUT2D eigenvalue weighted by atomic mass is 35.5. The van der Waals surface area contributed by atoms with Crippen LogP contribution in [0.4, 0.5) is 23.4 Å². The maximum absolute atomic E-state index is 13.5. The summed E-state index contributed by atoms with van der Waals surface area (Å²) in [6.07, 6.45) is -4.37. The van der Waals surface area contributed by atoms with Crippen LogP contribution in [-0.2, 0) is 6.18 Å². The van der Waals surface area contributed by atoms with Crippen LogP contribution >= 0.6 is 23.2 Å². The Morgan fingerprint density at radius 1 is 1.00 bits per heavy atom. The second-order valence-corrected chi connectivity index (χ2v) is 6.87. The predicted molar refractivity (Wildman–Crippen MR) is 102 cm³/mol. The van der Waals surface area contributed by atoms with E-state index in [2.05, 4.69) is 15.3 Å². The van der Waals surface area contributed by atoms with Crippen LogP contribution in [-0.4, -0.2) is 21.6 Å². The smallest absolute Gasteiger partial charge is 0.387 e. The topological polar surface area (TPSA) is 58.0 Å². The Bertz CT molecular complexity index is 1030. The molecule has 0 fully saturated rings. The zero-order chi connectivity index (χ0) is 21.2. The van der Waals surface area contributed by atoms with Crippen molar-refractivity contribution in [3.05, 3.63) is 75.8 Å². The Balaban J connectivity index is 1.74. The molecule has 0 spiro atoms. The van der Waals surface area contributed by atoms with Crippen molar-refractivity contribution in [3.8, 4) is 11.3 Å². The summed E-state index contributed by atoms with van der Waals surface area (Å²) in [5.41, 5.74) is 0.0933. The summed E-state index contributed by atoms with van der Waals surface area (Å²) in [5.74, 6) is -0.328. The molecule has 2 aromatic carbocycles. The lowest BCUT2D eigenvalue weighted by molar-refractivity contribution is -0.137. The number of rotatable bonds is 5. The van der Waals surface area contributed by atoms with Crippen molar-refractivity contribution in [1.82, 2.24) is 9.97 Å². The van der Waals surface area contributed by atoms with E-state index in [1.807, 2.05) is 0 Å². The van der Waals surface area contributed by atoms with Crippen molar-refractivity contribution < 1.29 is 22.7 Å². The number of anilines is 1. The highest BCUT2D eigenvalue weighted by molar-refractivity contribution is 6.31. The van der Waals surface area contributed by atoms with Gasteiger partial charge in [-0.15, -0.1) is 0 Å². The standard InChI is InChI=1S/C19H13Cl2F4N3O/c20-13-4-2-11(6-15(13)22)17(29)8-26-18-7-16(27-9-28-18)10-1-3-12(14(21)5-10)19(23,24)25/h1-7,9,17,29H,8H2,(H,26,27,28)/t17-/m0/s1. The third-order valence-corrected chi connectivity index (χ3v) is 4.66. The zero-order valence-corrected chi connectivity index (χ0v) is 16.0. The van der Waals surface area contributed by atoms with Crippen molar-refractivity contribution in [2.45, 2.75) is 12.3 Å². The number of nitrogens with zero attached hydrogens (tertiary/aromatic N) is 2. The van der Waals surface area contributed by atoms with Crippen LogP contribution in [0.2, 0.25) is 10.0 Å². The summed E-state index contributed by atoms with van der Waals surface area (Å²) in [4.78, 5) is 8.03. The van der Waals surface area contributed by atoms with Gasteiger partial charge in [0.25, 0.3) is 0 Å². The quantitative estimate of drug-likeness (QED) is 0.490. The van der Waals surface area contributed by atoms with Crippen LogP contribution in [0.5, 0.6) is 0 Å². The van der Waals surface area contributed by atoms with E-state index < -0.39 is 28.7 Å². The van der Waals surface area contributed by atoms with E-state index in [1.54, 1.807) is 0 Å². The largest absolute Gasteiger partial charge is 0.417 e. The molecular formula is C19H13Cl2F4N3O. The summed E-state index contributed by atoms with van der Waals surface area (Å²) in [6.45, 7) is 0.00525. The maximum Gasteiger partial charge on any atom is 0.417 e. The Kier molecular flexibility index (Phi) is 6.26. The second kappa shape index (κ2) is 8.52. The Labute approximate surface area is 173 Å². The molecule has 152 valence electrons. The number of hydrogen-bond donors (Lipinski definition) is 2. The molecule has 0 aliphatic rings. The fourth-order valence-corrected chi connectivity index (χ4v) is 2.96. The van der Waals surface area contributed by atoms with Gasteiger partial charge in [0.2, 0.25) is 0 Å². The van der Waals surface area contributed by atoms with E-state index >= 15 is 0 Å². The minimum Gasteiger partial charge on any atom is -0.387 e. The van der Waals surface area contributed by atoms with E-state index in [4.69, 9.17) is 23.2 Å². The summed E-state index contributed by atoms with van der Waals surface area (Å²) < 4.78 is 52.0. The first-order chi connectivity index (χ1) is 13.6. The number of halogens is 6. The molecule has 0 aliphatic carbocycles. The molecule has 1 atom stereocenters. The van der Waals surface area contributed by atoms with Crippen molar-refractivity contribution in [2.75, 3.05) is 11.9 Å². The van der Waals surface area contributed by atoms with E-state index in [0.29, 0.717) is 22.6 Å². The summed E-state index contributed by atoms with van der Waals surface area (Å²) >= 11 is 11.4. The summed E-state index contributed by atoms with van der Waals surface area (Å²) in [5, 5.41) is 12.6. The normalized spacial score (nSPS) is 12.7. The van der Waals surface area contributed by atoms with Crippen LogP contribution < -0.4 is 5.32 Å². The molecule has 3 rings (SSSR count). The molecule has 3 aromatic rings. The monoisotopic (exact) mass is 445 g/mol. The van der Waals surface area contributed by atoms with Crippen molar-refractivity contribution in [3.63, 3.8) is 0 Å². The van der Waals surface area contributed by atoms with Gasteiger partial charge in [-0.25, -0.2) is 14.4 Å². The molecule has 4 nitrogen and oxygen atoms in total.